The molecular formula is C15H20N2O4S. The van der Waals surface area contributed by atoms with Crippen LogP contribution in [-0.2, 0) is 4.79 Å². The number of nitrogens with one attached hydrogen (secondary N) is 1. The summed E-state index contributed by atoms with van der Waals surface area (Å²) in [5.41, 5.74) is 0.389. The highest BCUT2D eigenvalue weighted by atomic mass is 32.2. The van der Waals surface area contributed by atoms with E-state index in [4.69, 9.17) is 4.74 Å². The van der Waals surface area contributed by atoms with Gasteiger partial charge in [-0.2, -0.15) is 0 Å². The molecule has 1 aromatic carbocycles. The molecule has 0 heterocycles. The molecule has 1 atom stereocenters. The molecule has 0 bridgehead atoms. The van der Waals surface area contributed by atoms with E-state index in [1.165, 1.54) is 51.0 Å². The van der Waals surface area contributed by atoms with E-state index in [0.717, 1.165) is 0 Å². The predicted molar refractivity (Wildman–Crippen MR) is 87.6 cm³/mol. The molecule has 1 amide bonds. The molecule has 1 fully saturated rings. The number of benzene rings is 1. The maximum atomic E-state index is 12.3. The van der Waals surface area contributed by atoms with E-state index < -0.39 is 4.92 Å². The van der Waals surface area contributed by atoms with Crippen LogP contribution in [0.2, 0.25) is 0 Å². The highest BCUT2D eigenvalue weighted by Gasteiger charge is 2.23. The quantitative estimate of drug-likeness (QED) is 0.638. The Morgan fingerprint density at radius 2 is 2.14 bits per heavy atom. The second-order valence-corrected chi connectivity index (χ2v) is 6.96. The fourth-order valence-electron chi connectivity index (χ4n) is 2.51. The summed E-state index contributed by atoms with van der Waals surface area (Å²) in [4.78, 5) is 22.5. The van der Waals surface area contributed by atoms with Crippen molar-refractivity contribution in [2.75, 3.05) is 12.4 Å². The third-order valence-corrected chi connectivity index (χ3v) is 5.20. The standard InChI is InChI=1S/C15H20N2O4S/c1-10(22-12-5-3-4-6-12)15(18)16-13-8-7-11(17(19)20)9-14(13)21-2/h7-10,12H,3-6H2,1-2H3,(H,16,18)/t10-/m0/s1. The van der Waals surface area contributed by atoms with Crippen LogP contribution in [0, 0.1) is 10.1 Å². The molecule has 0 unspecified atom stereocenters. The summed E-state index contributed by atoms with van der Waals surface area (Å²) in [6, 6.07) is 4.17. The van der Waals surface area contributed by atoms with Crippen molar-refractivity contribution < 1.29 is 14.5 Å². The zero-order chi connectivity index (χ0) is 16.1. The first-order valence-corrected chi connectivity index (χ1v) is 8.24. The molecule has 7 heteroatoms. The van der Waals surface area contributed by atoms with Crippen LogP contribution < -0.4 is 10.1 Å². The number of carbonyl (C=O) groups is 1. The van der Waals surface area contributed by atoms with Crippen molar-refractivity contribution in [3.8, 4) is 5.75 Å². The van der Waals surface area contributed by atoms with Gasteiger partial charge in [0, 0.05) is 11.3 Å². The fraction of sp³-hybridized carbons (Fsp3) is 0.533. The first-order valence-electron chi connectivity index (χ1n) is 7.30. The Kier molecular flexibility index (Phi) is 5.65. The summed E-state index contributed by atoms with van der Waals surface area (Å²) in [5.74, 6) is 0.185. The molecule has 1 saturated carbocycles. The summed E-state index contributed by atoms with van der Waals surface area (Å²) in [6.45, 7) is 1.89. The molecule has 1 N–H and O–H groups in total. The van der Waals surface area contributed by atoms with Crippen molar-refractivity contribution in [2.24, 2.45) is 0 Å². The van der Waals surface area contributed by atoms with Crippen LogP contribution in [0.4, 0.5) is 11.4 Å². The molecular weight excluding hydrogens is 304 g/mol. The average Bonchev–Trinajstić information content (AvgIpc) is 3.00. The maximum Gasteiger partial charge on any atom is 0.273 e. The molecule has 120 valence electrons. The number of hydrogen-bond donors (Lipinski definition) is 1. The lowest BCUT2D eigenvalue weighted by Crippen LogP contribution is -2.24. The molecule has 6 nitrogen and oxygen atoms in total. The van der Waals surface area contributed by atoms with Crippen molar-refractivity contribution in [1.29, 1.82) is 0 Å². The van der Waals surface area contributed by atoms with Gasteiger partial charge in [0.15, 0.2) is 0 Å². The van der Waals surface area contributed by atoms with Gasteiger partial charge in [-0.3, -0.25) is 14.9 Å². The van der Waals surface area contributed by atoms with E-state index in [1.807, 2.05) is 6.92 Å². The maximum absolute atomic E-state index is 12.3. The third-order valence-electron chi connectivity index (χ3n) is 3.72. The zero-order valence-corrected chi connectivity index (χ0v) is 13.5. The molecule has 2 rings (SSSR count). The molecule has 1 aliphatic carbocycles. The van der Waals surface area contributed by atoms with Crippen LogP contribution in [0.5, 0.6) is 5.75 Å². The van der Waals surface area contributed by atoms with Crippen LogP contribution in [-0.4, -0.2) is 28.4 Å². The topological polar surface area (TPSA) is 81.5 Å². The Balaban J connectivity index is 2.02. The van der Waals surface area contributed by atoms with E-state index in [0.29, 0.717) is 16.7 Å². The Morgan fingerprint density at radius 1 is 1.45 bits per heavy atom. The summed E-state index contributed by atoms with van der Waals surface area (Å²) in [7, 11) is 1.42. The van der Waals surface area contributed by atoms with Gasteiger partial charge >= 0.3 is 0 Å². The zero-order valence-electron chi connectivity index (χ0n) is 12.7. The first kappa shape index (κ1) is 16.6. The lowest BCUT2D eigenvalue weighted by molar-refractivity contribution is -0.384. The number of hydrogen-bond acceptors (Lipinski definition) is 5. The number of non-ortho nitro benzene ring substituents is 1. The van der Waals surface area contributed by atoms with Crippen LogP contribution in [0.3, 0.4) is 0 Å². The van der Waals surface area contributed by atoms with Gasteiger partial charge in [0.25, 0.3) is 5.69 Å². The predicted octanol–water partition coefficient (Wildman–Crippen LogP) is 3.61. The Bertz CT molecular complexity index is 558. The number of nitro benzene ring substituents is 1. The van der Waals surface area contributed by atoms with Gasteiger partial charge in [0.05, 0.1) is 29.0 Å². The number of ether oxygens (including phenoxy) is 1. The van der Waals surface area contributed by atoms with Crippen LogP contribution >= 0.6 is 11.8 Å². The summed E-state index contributed by atoms with van der Waals surface area (Å²) >= 11 is 1.69. The summed E-state index contributed by atoms with van der Waals surface area (Å²) < 4.78 is 5.12. The molecule has 22 heavy (non-hydrogen) atoms. The van der Waals surface area contributed by atoms with Gasteiger partial charge in [-0.1, -0.05) is 12.8 Å². The van der Waals surface area contributed by atoms with Crippen molar-refractivity contribution >= 4 is 29.0 Å². The highest BCUT2D eigenvalue weighted by molar-refractivity contribution is 8.01. The first-order chi connectivity index (χ1) is 10.5. The Labute approximate surface area is 133 Å². The van der Waals surface area contributed by atoms with E-state index in [-0.39, 0.29) is 16.8 Å². The van der Waals surface area contributed by atoms with Gasteiger partial charge in [-0.25, -0.2) is 0 Å². The van der Waals surface area contributed by atoms with Gasteiger partial charge in [-0.05, 0) is 25.8 Å². The summed E-state index contributed by atoms with van der Waals surface area (Å²) in [6.07, 6.45) is 4.82. The van der Waals surface area contributed by atoms with Crippen LogP contribution in [0.15, 0.2) is 18.2 Å². The second kappa shape index (κ2) is 7.49. The van der Waals surface area contributed by atoms with E-state index in [9.17, 15) is 14.9 Å². The average molecular weight is 324 g/mol. The molecule has 0 radical (unpaired) electrons. The molecule has 1 aliphatic rings. The van der Waals surface area contributed by atoms with Gasteiger partial charge in [-0.15, -0.1) is 11.8 Å². The minimum atomic E-state index is -0.493. The van der Waals surface area contributed by atoms with Gasteiger partial charge in [0.1, 0.15) is 5.75 Å². The third kappa shape index (κ3) is 4.13. The number of rotatable bonds is 6. The number of nitrogens with zero attached hydrogens (tertiary/aromatic N) is 1. The Hall–Kier alpha value is -1.76. The fourth-order valence-corrected chi connectivity index (χ4v) is 3.87. The number of nitro groups is 1. The molecule has 0 aromatic heterocycles. The molecule has 0 aliphatic heterocycles. The Morgan fingerprint density at radius 3 is 2.73 bits per heavy atom. The lowest BCUT2D eigenvalue weighted by Gasteiger charge is -2.17. The normalized spacial score (nSPS) is 16.3. The number of carbonyl (C=O) groups excluding carboxylic acids is 1. The highest BCUT2D eigenvalue weighted by Crippen LogP contribution is 2.33. The number of anilines is 1. The van der Waals surface area contributed by atoms with E-state index in [1.54, 1.807) is 11.8 Å². The number of thioether (sulfide) groups is 1. The van der Waals surface area contributed by atoms with Gasteiger partial charge in [0.2, 0.25) is 5.91 Å². The minimum absolute atomic E-state index is 0.0665. The molecule has 0 spiro atoms. The smallest absolute Gasteiger partial charge is 0.273 e. The monoisotopic (exact) mass is 324 g/mol. The van der Waals surface area contributed by atoms with Crippen molar-refractivity contribution in [3.05, 3.63) is 28.3 Å². The summed E-state index contributed by atoms with van der Waals surface area (Å²) in [5, 5.41) is 13.9. The molecule has 1 aromatic rings. The van der Waals surface area contributed by atoms with E-state index >= 15 is 0 Å². The molecule has 0 saturated heterocycles. The number of methoxy groups -OCH3 is 1. The van der Waals surface area contributed by atoms with Crippen LogP contribution in [0.1, 0.15) is 32.6 Å². The van der Waals surface area contributed by atoms with E-state index in [2.05, 4.69) is 5.32 Å². The largest absolute Gasteiger partial charge is 0.494 e. The van der Waals surface area contributed by atoms with Gasteiger partial charge < -0.3 is 10.1 Å². The SMILES string of the molecule is COc1cc([N+](=O)[O-])ccc1NC(=O)[C@H](C)SC1CCCC1. The van der Waals surface area contributed by atoms with Crippen molar-refractivity contribution in [1.82, 2.24) is 0 Å². The minimum Gasteiger partial charge on any atom is -0.494 e. The van der Waals surface area contributed by atoms with Crippen molar-refractivity contribution in [2.45, 2.75) is 43.1 Å². The number of amides is 1. The lowest BCUT2D eigenvalue weighted by atomic mass is 10.2. The second-order valence-electron chi connectivity index (χ2n) is 5.32. The van der Waals surface area contributed by atoms with Crippen LogP contribution in [0.25, 0.3) is 0 Å². The van der Waals surface area contributed by atoms with Crippen molar-refractivity contribution in [3.63, 3.8) is 0 Å².